The molecule has 0 spiro atoms. The lowest BCUT2D eigenvalue weighted by Gasteiger charge is -2.22. The number of hydrogen-bond donors (Lipinski definition) is 1. The highest BCUT2D eigenvalue weighted by atomic mass is 35.5. The second-order valence-electron chi connectivity index (χ2n) is 6.51. The molecule has 9 heteroatoms. The van der Waals surface area contributed by atoms with Crippen molar-refractivity contribution in [3.05, 3.63) is 54.1 Å². The Morgan fingerprint density at radius 1 is 1.04 bits per heavy atom. The first kappa shape index (κ1) is 19.9. The van der Waals surface area contributed by atoms with Gasteiger partial charge in [0.15, 0.2) is 5.82 Å². The van der Waals surface area contributed by atoms with Crippen LogP contribution in [-0.4, -0.2) is 27.5 Å². The number of nitrogens with zero attached hydrogens (tertiary/aromatic N) is 2. The van der Waals surface area contributed by atoms with Gasteiger partial charge in [-0.15, -0.1) is 12.4 Å². The first-order chi connectivity index (χ1) is 12.5. The van der Waals surface area contributed by atoms with Gasteiger partial charge in [0.2, 0.25) is 0 Å². The van der Waals surface area contributed by atoms with E-state index >= 15 is 0 Å². The molecule has 27 heavy (non-hydrogen) atoms. The lowest BCUT2D eigenvalue weighted by atomic mass is 10.2. The molecular weight excluding hydrogens is 396 g/mol. The molecule has 146 valence electrons. The molecule has 0 atom stereocenters. The van der Waals surface area contributed by atoms with E-state index in [9.17, 15) is 17.2 Å². The summed E-state index contributed by atoms with van der Waals surface area (Å²) in [5, 5.41) is 3.35. The first-order valence-electron chi connectivity index (χ1n) is 8.59. The highest BCUT2D eigenvalue weighted by molar-refractivity contribution is 7.95. The zero-order valence-corrected chi connectivity index (χ0v) is 16.1. The Labute approximate surface area is 163 Å². The summed E-state index contributed by atoms with van der Waals surface area (Å²) in [5.74, 6) is -1.67. The molecule has 1 aliphatic heterocycles. The van der Waals surface area contributed by atoms with Gasteiger partial charge in [0.25, 0.3) is 0 Å². The van der Waals surface area contributed by atoms with E-state index in [1.54, 1.807) is 24.3 Å². The Morgan fingerprint density at radius 2 is 1.74 bits per heavy atom. The normalized spacial score (nSPS) is 17.6. The fraction of sp³-hybridized carbons (Fsp3) is 0.333. The Hall–Kier alpha value is -1.90. The average Bonchev–Trinajstić information content (AvgIpc) is 3.38. The quantitative estimate of drug-likeness (QED) is 0.731. The van der Waals surface area contributed by atoms with Gasteiger partial charge < -0.3 is 5.32 Å². The van der Waals surface area contributed by atoms with Gasteiger partial charge in [0.1, 0.15) is 5.82 Å². The highest BCUT2D eigenvalue weighted by Gasteiger charge is 2.41. The van der Waals surface area contributed by atoms with Crippen molar-refractivity contribution in [2.24, 2.45) is 0 Å². The third-order valence-electron chi connectivity index (χ3n) is 4.56. The lowest BCUT2D eigenvalue weighted by Crippen LogP contribution is -2.37. The molecule has 1 fully saturated rings. The summed E-state index contributed by atoms with van der Waals surface area (Å²) in [6.45, 7) is 1.02. The topological polar surface area (TPSA) is 52.7 Å². The SMILES string of the molecule is Cl.O=S1(=O)N(CCCNC2CC2)c2ccccc2N1c1ccc(F)cc1F. The first-order valence-corrected chi connectivity index (χ1v) is 9.98. The molecule has 0 saturated heterocycles. The van der Waals surface area contributed by atoms with Crippen molar-refractivity contribution in [2.75, 3.05) is 21.7 Å². The molecule has 1 aliphatic carbocycles. The largest absolute Gasteiger partial charge is 0.331 e. The van der Waals surface area contributed by atoms with E-state index < -0.39 is 21.8 Å². The van der Waals surface area contributed by atoms with Crippen molar-refractivity contribution < 1.29 is 17.2 Å². The van der Waals surface area contributed by atoms with E-state index in [0.717, 1.165) is 23.0 Å². The van der Waals surface area contributed by atoms with Crippen LogP contribution in [0.3, 0.4) is 0 Å². The van der Waals surface area contributed by atoms with E-state index in [-0.39, 0.29) is 18.1 Å². The molecule has 2 aromatic rings. The van der Waals surface area contributed by atoms with E-state index in [4.69, 9.17) is 0 Å². The molecule has 1 saturated carbocycles. The summed E-state index contributed by atoms with van der Waals surface area (Å²) in [6, 6.07) is 10.2. The number of nitrogens with one attached hydrogen (secondary N) is 1. The molecular formula is C18H20ClF2N3O2S. The van der Waals surface area contributed by atoms with Crippen LogP contribution in [0.15, 0.2) is 42.5 Å². The molecule has 1 heterocycles. The number of anilines is 3. The molecule has 0 amide bonds. The molecule has 0 unspecified atom stereocenters. The van der Waals surface area contributed by atoms with E-state index in [1.165, 1.54) is 17.1 Å². The predicted octanol–water partition coefficient (Wildman–Crippen LogP) is 3.73. The van der Waals surface area contributed by atoms with Crippen molar-refractivity contribution >= 4 is 39.7 Å². The van der Waals surface area contributed by atoms with Crippen molar-refractivity contribution in [2.45, 2.75) is 25.3 Å². The maximum Gasteiger partial charge on any atom is 0.331 e. The third-order valence-corrected chi connectivity index (χ3v) is 6.35. The number of fused-ring (bicyclic) bond motifs is 1. The van der Waals surface area contributed by atoms with Crippen molar-refractivity contribution in [3.63, 3.8) is 0 Å². The van der Waals surface area contributed by atoms with Crippen LogP contribution < -0.4 is 13.9 Å². The minimum Gasteiger partial charge on any atom is -0.314 e. The van der Waals surface area contributed by atoms with Crippen LogP contribution in [0.5, 0.6) is 0 Å². The van der Waals surface area contributed by atoms with Crippen LogP contribution in [-0.2, 0) is 10.2 Å². The molecule has 4 rings (SSSR count). The monoisotopic (exact) mass is 415 g/mol. The van der Waals surface area contributed by atoms with Gasteiger partial charge in [-0.1, -0.05) is 12.1 Å². The molecule has 2 aliphatic rings. The molecule has 0 bridgehead atoms. The van der Waals surface area contributed by atoms with Gasteiger partial charge in [0, 0.05) is 18.7 Å². The minimum absolute atomic E-state index is 0. The maximum atomic E-state index is 14.3. The summed E-state index contributed by atoms with van der Waals surface area (Å²) in [7, 11) is -3.98. The summed E-state index contributed by atoms with van der Waals surface area (Å²) in [6.07, 6.45) is 2.98. The summed E-state index contributed by atoms with van der Waals surface area (Å²) >= 11 is 0. The second kappa shape index (κ2) is 7.61. The van der Waals surface area contributed by atoms with Crippen LogP contribution >= 0.6 is 12.4 Å². The molecule has 0 aromatic heterocycles. The lowest BCUT2D eigenvalue weighted by molar-refractivity contribution is 0.577. The molecule has 2 aromatic carbocycles. The van der Waals surface area contributed by atoms with Crippen LogP contribution in [0.4, 0.5) is 25.8 Å². The number of para-hydroxylation sites is 2. The third kappa shape index (κ3) is 3.74. The predicted molar refractivity (Wildman–Crippen MR) is 104 cm³/mol. The highest BCUT2D eigenvalue weighted by Crippen LogP contribution is 2.45. The Morgan fingerprint density at radius 3 is 2.41 bits per heavy atom. The summed E-state index contributed by atoms with van der Waals surface area (Å²) in [4.78, 5) is 0. The molecule has 5 nitrogen and oxygen atoms in total. The second-order valence-corrected chi connectivity index (χ2v) is 8.21. The van der Waals surface area contributed by atoms with Gasteiger partial charge >= 0.3 is 10.2 Å². The van der Waals surface area contributed by atoms with E-state index in [1.807, 2.05) is 0 Å². The van der Waals surface area contributed by atoms with Gasteiger partial charge in [-0.05, 0) is 50.1 Å². The van der Waals surface area contributed by atoms with Crippen molar-refractivity contribution in [1.82, 2.24) is 5.32 Å². The fourth-order valence-corrected chi connectivity index (χ4v) is 4.91. The zero-order valence-electron chi connectivity index (χ0n) is 14.4. The minimum atomic E-state index is -3.98. The number of hydrogen-bond acceptors (Lipinski definition) is 3. The Bertz CT molecular complexity index is 938. The van der Waals surface area contributed by atoms with Crippen LogP contribution in [0.25, 0.3) is 0 Å². The number of rotatable bonds is 6. The van der Waals surface area contributed by atoms with Gasteiger partial charge in [-0.3, -0.25) is 4.31 Å². The van der Waals surface area contributed by atoms with E-state index in [0.29, 0.717) is 36.4 Å². The number of benzene rings is 2. The Balaban J connectivity index is 0.00000210. The van der Waals surface area contributed by atoms with Crippen LogP contribution in [0.2, 0.25) is 0 Å². The van der Waals surface area contributed by atoms with Crippen molar-refractivity contribution in [3.8, 4) is 0 Å². The molecule has 1 N–H and O–H groups in total. The van der Waals surface area contributed by atoms with Gasteiger partial charge in [-0.25, -0.2) is 13.1 Å². The zero-order chi connectivity index (χ0) is 18.3. The average molecular weight is 416 g/mol. The molecule has 0 radical (unpaired) electrons. The number of halogens is 3. The standard InChI is InChI=1S/C18H19F2N3O2S.ClH/c19-13-6-9-16(15(20)12-13)23-18-5-2-1-4-17(18)22(26(23,24)25)11-3-10-21-14-7-8-14;/h1-2,4-6,9,12,14,21H,3,7-8,10-11H2;1H. The van der Waals surface area contributed by atoms with Crippen LogP contribution in [0.1, 0.15) is 19.3 Å². The smallest absolute Gasteiger partial charge is 0.314 e. The van der Waals surface area contributed by atoms with Gasteiger partial charge in [0.05, 0.1) is 17.1 Å². The maximum absolute atomic E-state index is 14.3. The van der Waals surface area contributed by atoms with E-state index in [2.05, 4.69) is 5.32 Å². The Kier molecular flexibility index (Phi) is 5.60. The summed E-state index contributed by atoms with van der Waals surface area (Å²) < 4.78 is 56.0. The summed E-state index contributed by atoms with van der Waals surface area (Å²) in [5.41, 5.74) is 0.688. The fourth-order valence-electron chi connectivity index (χ4n) is 3.15. The van der Waals surface area contributed by atoms with Gasteiger partial charge in [-0.2, -0.15) is 8.42 Å². The van der Waals surface area contributed by atoms with Crippen LogP contribution in [0, 0.1) is 11.6 Å². The van der Waals surface area contributed by atoms with Crippen molar-refractivity contribution in [1.29, 1.82) is 0 Å².